The predicted molar refractivity (Wildman–Crippen MR) is 48.3 cm³/mol. The molecule has 0 saturated carbocycles. The summed E-state index contributed by atoms with van der Waals surface area (Å²) in [7, 11) is 0. The first-order valence-electron chi connectivity index (χ1n) is 4.03. The van der Waals surface area contributed by atoms with Gasteiger partial charge in [-0.25, -0.2) is 4.98 Å². The standard InChI is InChI=1S/C8H12N2S/c1-7-8(11-6-9-7)10-4-2-3-5-10/h6H,2-5H2,1H3. The van der Waals surface area contributed by atoms with Crippen LogP contribution in [0.2, 0.25) is 0 Å². The lowest BCUT2D eigenvalue weighted by Crippen LogP contribution is -2.16. The van der Waals surface area contributed by atoms with Gasteiger partial charge in [0.25, 0.3) is 0 Å². The normalized spacial score (nSPS) is 17.7. The second kappa shape index (κ2) is 2.81. The van der Waals surface area contributed by atoms with Crippen LogP contribution in [0.3, 0.4) is 0 Å². The Labute approximate surface area is 70.9 Å². The van der Waals surface area contributed by atoms with E-state index in [4.69, 9.17) is 0 Å². The van der Waals surface area contributed by atoms with Crippen molar-refractivity contribution >= 4 is 16.3 Å². The van der Waals surface area contributed by atoms with Gasteiger partial charge in [-0.3, -0.25) is 0 Å². The van der Waals surface area contributed by atoms with Gasteiger partial charge in [0.15, 0.2) is 0 Å². The molecule has 0 unspecified atom stereocenters. The average molecular weight is 168 g/mol. The Hall–Kier alpha value is -0.570. The SMILES string of the molecule is Cc1ncsc1N1CCCC1. The quantitative estimate of drug-likeness (QED) is 0.638. The molecule has 0 amide bonds. The fourth-order valence-electron chi connectivity index (χ4n) is 1.52. The topological polar surface area (TPSA) is 16.1 Å². The fraction of sp³-hybridized carbons (Fsp3) is 0.625. The Morgan fingerprint density at radius 1 is 1.45 bits per heavy atom. The van der Waals surface area contributed by atoms with E-state index in [2.05, 4.69) is 16.8 Å². The van der Waals surface area contributed by atoms with E-state index in [1.54, 1.807) is 11.3 Å². The number of aromatic nitrogens is 1. The van der Waals surface area contributed by atoms with Crippen LogP contribution in [0, 0.1) is 6.92 Å². The van der Waals surface area contributed by atoms with Crippen LogP contribution < -0.4 is 4.90 Å². The molecule has 2 nitrogen and oxygen atoms in total. The first-order valence-corrected chi connectivity index (χ1v) is 4.91. The van der Waals surface area contributed by atoms with Crippen molar-refractivity contribution < 1.29 is 0 Å². The molecule has 3 heteroatoms. The van der Waals surface area contributed by atoms with Crippen LogP contribution in [-0.4, -0.2) is 18.1 Å². The van der Waals surface area contributed by atoms with Gasteiger partial charge in [-0.2, -0.15) is 0 Å². The van der Waals surface area contributed by atoms with Crippen LogP contribution in [0.15, 0.2) is 5.51 Å². The molecule has 60 valence electrons. The van der Waals surface area contributed by atoms with Crippen molar-refractivity contribution in [3.05, 3.63) is 11.2 Å². The predicted octanol–water partition coefficient (Wildman–Crippen LogP) is 2.05. The lowest BCUT2D eigenvalue weighted by atomic mass is 10.4. The third-order valence-corrected chi connectivity index (χ3v) is 3.10. The van der Waals surface area contributed by atoms with Gasteiger partial charge in [-0.15, -0.1) is 11.3 Å². The van der Waals surface area contributed by atoms with Crippen LogP contribution in [0.1, 0.15) is 18.5 Å². The molecule has 0 atom stereocenters. The Bertz CT molecular complexity index is 238. The molecule has 0 N–H and O–H groups in total. The number of thiazole rings is 1. The van der Waals surface area contributed by atoms with E-state index in [9.17, 15) is 0 Å². The van der Waals surface area contributed by atoms with E-state index in [0.717, 1.165) is 0 Å². The molecule has 2 heterocycles. The highest BCUT2D eigenvalue weighted by atomic mass is 32.1. The first kappa shape index (κ1) is 7.10. The molecule has 0 aliphatic carbocycles. The van der Waals surface area contributed by atoms with E-state index >= 15 is 0 Å². The highest BCUT2D eigenvalue weighted by Gasteiger charge is 2.15. The average Bonchev–Trinajstić information content (AvgIpc) is 2.55. The Balaban J connectivity index is 2.21. The zero-order chi connectivity index (χ0) is 7.68. The molecule has 1 aliphatic rings. The number of anilines is 1. The Kier molecular flexibility index (Phi) is 1.82. The lowest BCUT2D eigenvalue weighted by molar-refractivity contribution is 0.949. The van der Waals surface area contributed by atoms with Crippen molar-refractivity contribution in [3.63, 3.8) is 0 Å². The minimum Gasteiger partial charge on any atom is -0.362 e. The van der Waals surface area contributed by atoms with Crippen LogP contribution >= 0.6 is 11.3 Å². The molecule has 1 saturated heterocycles. The fourth-order valence-corrected chi connectivity index (χ4v) is 2.38. The van der Waals surface area contributed by atoms with Crippen molar-refractivity contribution in [2.24, 2.45) is 0 Å². The summed E-state index contributed by atoms with van der Waals surface area (Å²) in [5.41, 5.74) is 3.13. The highest BCUT2D eigenvalue weighted by molar-refractivity contribution is 7.14. The number of rotatable bonds is 1. The molecule has 0 radical (unpaired) electrons. The van der Waals surface area contributed by atoms with Gasteiger partial charge >= 0.3 is 0 Å². The van der Waals surface area contributed by atoms with Crippen molar-refractivity contribution in [2.45, 2.75) is 19.8 Å². The number of aryl methyl sites for hydroxylation is 1. The Morgan fingerprint density at radius 2 is 2.18 bits per heavy atom. The van der Waals surface area contributed by atoms with E-state index in [-0.39, 0.29) is 0 Å². The van der Waals surface area contributed by atoms with Crippen molar-refractivity contribution in [1.82, 2.24) is 4.98 Å². The van der Waals surface area contributed by atoms with E-state index in [1.165, 1.54) is 36.6 Å². The minimum atomic E-state index is 1.19. The molecule has 2 rings (SSSR count). The molecular weight excluding hydrogens is 156 g/mol. The van der Waals surface area contributed by atoms with Gasteiger partial charge in [0.1, 0.15) is 5.00 Å². The van der Waals surface area contributed by atoms with Crippen LogP contribution in [0.4, 0.5) is 5.00 Å². The summed E-state index contributed by atoms with van der Waals surface area (Å²) in [6.07, 6.45) is 2.69. The molecule has 0 spiro atoms. The second-order valence-corrected chi connectivity index (χ2v) is 3.77. The molecular formula is C8H12N2S. The maximum Gasteiger partial charge on any atom is 0.114 e. The van der Waals surface area contributed by atoms with Crippen molar-refractivity contribution in [2.75, 3.05) is 18.0 Å². The number of hydrogen-bond acceptors (Lipinski definition) is 3. The Morgan fingerprint density at radius 3 is 2.73 bits per heavy atom. The van der Waals surface area contributed by atoms with E-state index in [0.29, 0.717) is 0 Å². The van der Waals surface area contributed by atoms with Gasteiger partial charge in [0.05, 0.1) is 11.2 Å². The molecule has 1 aromatic rings. The van der Waals surface area contributed by atoms with Gasteiger partial charge in [0, 0.05) is 13.1 Å². The van der Waals surface area contributed by atoms with Crippen LogP contribution in [0.25, 0.3) is 0 Å². The molecule has 1 aromatic heterocycles. The summed E-state index contributed by atoms with van der Waals surface area (Å²) < 4.78 is 0. The summed E-state index contributed by atoms with van der Waals surface area (Å²) in [6.45, 7) is 4.54. The third-order valence-electron chi connectivity index (χ3n) is 2.11. The summed E-state index contributed by atoms with van der Waals surface area (Å²) >= 11 is 1.76. The van der Waals surface area contributed by atoms with E-state index < -0.39 is 0 Å². The zero-order valence-corrected chi connectivity index (χ0v) is 7.52. The first-order chi connectivity index (χ1) is 5.38. The third kappa shape index (κ3) is 1.25. The molecule has 1 aliphatic heterocycles. The lowest BCUT2D eigenvalue weighted by Gasteiger charge is -2.14. The smallest absolute Gasteiger partial charge is 0.114 e. The maximum absolute atomic E-state index is 4.24. The molecule has 0 aromatic carbocycles. The van der Waals surface area contributed by atoms with Gasteiger partial charge in [-0.1, -0.05) is 0 Å². The monoisotopic (exact) mass is 168 g/mol. The number of nitrogens with zero attached hydrogens (tertiary/aromatic N) is 2. The van der Waals surface area contributed by atoms with Crippen molar-refractivity contribution in [3.8, 4) is 0 Å². The van der Waals surface area contributed by atoms with E-state index in [1.807, 2.05) is 5.51 Å². The number of hydrogen-bond donors (Lipinski definition) is 0. The summed E-state index contributed by atoms with van der Waals surface area (Å²) in [4.78, 5) is 6.68. The van der Waals surface area contributed by atoms with Gasteiger partial charge in [-0.05, 0) is 19.8 Å². The molecule has 11 heavy (non-hydrogen) atoms. The van der Waals surface area contributed by atoms with Gasteiger partial charge < -0.3 is 4.90 Å². The van der Waals surface area contributed by atoms with Crippen molar-refractivity contribution in [1.29, 1.82) is 0 Å². The largest absolute Gasteiger partial charge is 0.362 e. The van der Waals surface area contributed by atoms with Crippen LogP contribution in [-0.2, 0) is 0 Å². The summed E-state index contributed by atoms with van der Waals surface area (Å²) in [6, 6.07) is 0. The van der Waals surface area contributed by atoms with Crippen LogP contribution in [0.5, 0.6) is 0 Å². The maximum atomic E-state index is 4.24. The highest BCUT2D eigenvalue weighted by Crippen LogP contribution is 2.27. The minimum absolute atomic E-state index is 1.19. The zero-order valence-electron chi connectivity index (χ0n) is 6.71. The van der Waals surface area contributed by atoms with Gasteiger partial charge in [0.2, 0.25) is 0 Å². The second-order valence-electron chi connectivity index (χ2n) is 2.94. The summed E-state index contributed by atoms with van der Waals surface area (Å²) in [5, 5.41) is 1.38. The molecule has 0 bridgehead atoms. The molecule has 1 fully saturated rings. The summed E-state index contributed by atoms with van der Waals surface area (Å²) in [5.74, 6) is 0.